The van der Waals surface area contributed by atoms with Crippen LogP contribution in [0.15, 0.2) is 18.2 Å². The SMILES string of the molecule is CC(CCS(C)=O)NC(=O)c1cc(O)ccc1[N+](=O)[O-]. The van der Waals surface area contributed by atoms with E-state index < -0.39 is 21.6 Å². The molecular formula is C12H16N2O5S. The maximum absolute atomic E-state index is 12.0. The van der Waals surface area contributed by atoms with Gasteiger partial charge in [0.05, 0.1) is 4.92 Å². The number of nitrogens with one attached hydrogen (secondary N) is 1. The van der Waals surface area contributed by atoms with Crippen LogP contribution in [0.1, 0.15) is 23.7 Å². The fraction of sp³-hybridized carbons (Fsp3) is 0.417. The Balaban J connectivity index is 2.84. The van der Waals surface area contributed by atoms with Crippen LogP contribution >= 0.6 is 0 Å². The first-order chi connectivity index (χ1) is 9.31. The molecule has 1 rings (SSSR count). The average molecular weight is 300 g/mol. The summed E-state index contributed by atoms with van der Waals surface area (Å²) in [7, 11) is -0.960. The van der Waals surface area contributed by atoms with E-state index in [1.54, 1.807) is 13.2 Å². The molecule has 0 aliphatic carbocycles. The number of nitro groups is 1. The second-order valence-electron chi connectivity index (χ2n) is 4.40. The molecule has 2 unspecified atom stereocenters. The van der Waals surface area contributed by atoms with Gasteiger partial charge in [0.2, 0.25) is 0 Å². The lowest BCUT2D eigenvalue weighted by atomic mass is 10.1. The van der Waals surface area contributed by atoms with Crippen LogP contribution in [0.3, 0.4) is 0 Å². The highest BCUT2D eigenvalue weighted by Gasteiger charge is 2.21. The molecule has 0 heterocycles. The fourth-order valence-corrected chi connectivity index (χ4v) is 2.27. The zero-order chi connectivity index (χ0) is 15.3. The molecule has 0 bridgehead atoms. The molecule has 0 fully saturated rings. The average Bonchev–Trinajstić information content (AvgIpc) is 2.35. The van der Waals surface area contributed by atoms with Crippen molar-refractivity contribution >= 4 is 22.4 Å². The first kappa shape index (κ1) is 16.1. The number of rotatable bonds is 6. The minimum atomic E-state index is -0.960. The summed E-state index contributed by atoms with van der Waals surface area (Å²) in [5.41, 5.74) is -0.564. The minimum absolute atomic E-state index is 0.195. The Morgan fingerprint density at radius 2 is 2.20 bits per heavy atom. The highest BCUT2D eigenvalue weighted by atomic mass is 32.2. The van der Waals surface area contributed by atoms with E-state index in [0.717, 1.165) is 18.2 Å². The lowest BCUT2D eigenvalue weighted by Crippen LogP contribution is -2.33. The van der Waals surface area contributed by atoms with Gasteiger partial charge in [-0.15, -0.1) is 0 Å². The molecule has 7 nitrogen and oxygen atoms in total. The molecule has 0 aliphatic heterocycles. The Hall–Kier alpha value is -1.96. The summed E-state index contributed by atoms with van der Waals surface area (Å²) < 4.78 is 11.0. The largest absolute Gasteiger partial charge is 0.508 e. The van der Waals surface area contributed by atoms with Gasteiger partial charge in [0, 0.05) is 34.9 Å². The summed E-state index contributed by atoms with van der Waals surface area (Å²) in [6.07, 6.45) is 2.07. The molecule has 8 heteroatoms. The smallest absolute Gasteiger partial charge is 0.282 e. The molecule has 2 atom stereocenters. The number of phenolic OH excluding ortho intramolecular Hbond substituents is 1. The molecule has 0 saturated heterocycles. The normalized spacial score (nSPS) is 13.5. The molecule has 1 amide bonds. The van der Waals surface area contributed by atoms with E-state index in [1.807, 2.05) is 0 Å². The third-order valence-electron chi connectivity index (χ3n) is 2.64. The van der Waals surface area contributed by atoms with E-state index in [-0.39, 0.29) is 23.0 Å². The Kier molecular flexibility index (Phi) is 5.63. The Labute approximate surface area is 118 Å². The Morgan fingerprint density at radius 3 is 2.75 bits per heavy atom. The van der Waals surface area contributed by atoms with Crippen LogP contribution in [0.4, 0.5) is 5.69 Å². The van der Waals surface area contributed by atoms with Crippen molar-refractivity contribution in [3.63, 3.8) is 0 Å². The number of aromatic hydroxyl groups is 1. The predicted molar refractivity (Wildman–Crippen MR) is 75.2 cm³/mol. The molecule has 0 aliphatic rings. The summed E-state index contributed by atoms with van der Waals surface area (Å²) >= 11 is 0. The van der Waals surface area contributed by atoms with Crippen LogP contribution in [0, 0.1) is 10.1 Å². The molecule has 0 radical (unpaired) electrons. The van der Waals surface area contributed by atoms with Crippen molar-refractivity contribution in [2.24, 2.45) is 0 Å². The molecule has 110 valence electrons. The van der Waals surface area contributed by atoms with Crippen LogP contribution in [0.25, 0.3) is 0 Å². The van der Waals surface area contributed by atoms with Gasteiger partial charge >= 0.3 is 0 Å². The lowest BCUT2D eigenvalue weighted by Gasteiger charge is -2.13. The van der Waals surface area contributed by atoms with Crippen LogP contribution < -0.4 is 5.32 Å². The number of amides is 1. The van der Waals surface area contributed by atoms with Crippen molar-refractivity contribution in [1.82, 2.24) is 5.32 Å². The van der Waals surface area contributed by atoms with E-state index in [4.69, 9.17) is 0 Å². The lowest BCUT2D eigenvalue weighted by molar-refractivity contribution is -0.385. The van der Waals surface area contributed by atoms with Gasteiger partial charge in [-0.2, -0.15) is 0 Å². The van der Waals surface area contributed by atoms with Crippen molar-refractivity contribution in [2.45, 2.75) is 19.4 Å². The molecule has 0 spiro atoms. The van der Waals surface area contributed by atoms with Gasteiger partial charge in [0.1, 0.15) is 11.3 Å². The predicted octanol–water partition coefficient (Wildman–Crippen LogP) is 1.19. The highest BCUT2D eigenvalue weighted by Crippen LogP contribution is 2.23. The van der Waals surface area contributed by atoms with Gasteiger partial charge in [0.15, 0.2) is 0 Å². The zero-order valence-electron chi connectivity index (χ0n) is 11.2. The van der Waals surface area contributed by atoms with Gasteiger partial charge in [-0.1, -0.05) is 0 Å². The summed E-state index contributed by atoms with van der Waals surface area (Å²) in [4.78, 5) is 22.1. The second-order valence-corrected chi connectivity index (χ2v) is 5.95. The summed E-state index contributed by atoms with van der Waals surface area (Å²) in [5, 5.41) is 22.8. The molecule has 0 aromatic heterocycles. The first-order valence-electron chi connectivity index (χ1n) is 5.89. The highest BCUT2D eigenvalue weighted by molar-refractivity contribution is 7.84. The fourth-order valence-electron chi connectivity index (χ4n) is 1.58. The maximum atomic E-state index is 12.0. The van der Waals surface area contributed by atoms with E-state index in [9.17, 15) is 24.2 Å². The number of nitro benzene ring substituents is 1. The number of carbonyl (C=O) groups is 1. The Morgan fingerprint density at radius 1 is 1.55 bits per heavy atom. The van der Waals surface area contributed by atoms with Gasteiger partial charge in [0.25, 0.3) is 11.6 Å². The maximum Gasteiger partial charge on any atom is 0.282 e. The Bertz CT molecular complexity index is 547. The summed E-state index contributed by atoms with van der Waals surface area (Å²) in [6, 6.07) is 3.01. The number of carbonyl (C=O) groups excluding carboxylic acids is 1. The van der Waals surface area contributed by atoms with Crippen molar-refractivity contribution in [2.75, 3.05) is 12.0 Å². The number of nitrogens with zero attached hydrogens (tertiary/aromatic N) is 1. The molecule has 2 N–H and O–H groups in total. The third kappa shape index (κ3) is 4.61. The van der Waals surface area contributed by atoms with Crippen LogP contribution in [0.2, 0.25) is 0 Å². The molecular weight excluding hydrogens is 284 g/mol. The number of hydrogen-bond acceptors (Lipinski definition) is 5. The molecule has 1 aromatic carbocycles. The van der Waals surface area contributed by atoms with E-state index in [2.05, 4.69) is 5.32 Å². The van der Waals surface area contributed by atoms with Gasteiger partial charge in [-0.3, -0.25) is 19.1 Å². The quantitative estimate of drug-likeness (QED) is 0.605. The molecule has 1 aromatic rings. The van der Waals surface area contributed by atoms with Gasteiger partial charge in [-0.25, -0.2) is 0 Å². The summed E-state index contributed by atoms with van der Waals surface area (Å²) in [5.74, 6) is -0.422. The van der Waals surface area contributed by atoms with Crippen molar-refractivity contribution in [3.8, 4) is 5.75 Å². The number of hydrogen-bond donors (Lipinski definition) is 2. The monoisotopic (exact) mass is 300 g/mol. The standard InChI is InChI=1S/C12H16N2O5S/c1-8(5-6-20(2)19)13-12(16)10-7-9(15)3-4-11(10)14(17)18/h3-4,7-8,15H,5-6H2,1-2H3,(H,13,16). The van der Waals surface area contributed by atoms with Crippen molar-refractivity contribution < 1.29 is 19.0 Å². The van der Waals surface area contributed by atoms with Crippen LogP contribution in [-0.4, -0.2) is 38.2 Å². The number of phenols is 1. The van der Waals surface area contributed by atoms with Gasteiger partial charge < -0.3 is 10.4 Å². The molecule has 0 saturated carbocycles. The van der Waals surface area contributed by atoms with E-state index in [1.165, 1.54) is 0 Å². The minimum Gasteiger partial charge on any atom is -0.508 e. The van der Waals surface area contributed by atoms with Gasteiger partial charge in [-0.05, 0) is 25.5 Å². The number of benzene rings is 1. The first-order valence-corrected chi connectivity index (χ1v) is 7.62. The zero-order valence-corrected chi connectivity index (χ0v) is 12.0. The molecule has 20 heavy (non-hydrogen) atoms. The summed E-state index contributed by atoms with van der Waals surface area (Å²) in [6.45, 7) is 1.72. The van der Waals surface area contributed by atoms with E-state index in [0.29, 0.717) is 12.2 Å². The second kappa shape index (κ2) is 6.99. The van der Waals surface area contributed by atoms with Crippen LogP contribution in [-0.2, 0) is 10.8 Å². The topological polar surface area (TPSA) is 110 Å². The van der Waals surface area contributed by atoms with Crippen molar-refractivity contribution in [1.29, 1.82) is 0 Å². The van der Waals surface area contributed by atoms with E-state index >= 15 is 0 Å². The third-order valence-corrected chi connectivity index (χ3v) is 3.45. The van der Waals surface area contributed by atoms with Crippen LogP contribution in [0.5, 0.6) is 5.75 Å². The van der Waals surface area contributed by atoms with Crippen molar-refractivity contribution in [3.05, 3.63) is 33.9 Å².